The number of nitrogens with two attached hydrogens (primary N) is 1. The molecular weight excluding hydrogens is 398 g/mol. The monoisotopic (exact) mass is 425 g/mol. The number of nitrogen functional groups attached to an aromatic ring is 1. The Morgan fingerprint density at radius 1 is 1.10 bits per heavy atom. The molecule has 0 saturated carbocycles. The second kappa shape index (κ2) is 9.21. The summed E-state index contributed by atoms with van der Waals surface area (Å²) in [5.74, 6) is 7.25. The van der Waals surface area contributed by atoms with Gasteiger partial charge in [0.2, 0.25) is 11.1 Å². The number of hydrogen-bond acceptors (Lipinski definition) is 6. The molecule has 1 heterocycles. The van der Waals surface area contributed by atoms with Crippen LogP contribution in [0.1, 0.15) is 35.0 Å². The fraction of sp³-hybridized carbons (Fsp3) is 0.318. The van der Waals surface area contributed by atoms with Gasteiger partial charge in [-0.15, -0.1) is 10.2 Å². The molecule has 2 aromatic carbocycles. The third-order valence-electron chi connectivity index (χ3n) is 4.59. The van der Waals surface area contributed by atoms with Gasteiger partial charge in [0, 0.05) is 5.69 Å². The Bertz CT molecular complexity index is 1040. The Morgan fingerprint density at radius 2 is 1.80 bits per heavy atom. The molecule has 0 saturated heterocycles. The van der Waals surface area contributed by atoms with Crippen LogP contribution in [0, 0.1) is 27.7 Å². The number of nitrogens with one attached hydrogen (secondary N) is 1. The molecule has 0 aliphatic rings. The fourth-order valence-corrected chi connectivity index (χ4v) is 3.84. The minimum Gasteiger partial charge on any atom is -0.486 e. The van der Waals surface area contributed by atoms with Crippen molar-refractivity contribution in [3.8, 4) is 5.75 Å². The Kier molecular flexibility index (Phi) is 6.66. The number of carbonyl (C=O) groups is 1. The highest BCUT2D eigenvalue weighted by Crippen LogP contribution is 2.24. The molecule has 30 heavy (non-hydrogen) atoms. The minimum absolute atomic E-state index is 0.122. The molecule has 0 unspecified atom stereocenters. The zero-order chi connectivity index (χ0) is 21.8. The van der Waals surface area contributed by atoms with Crippen LogP contribution in [-0.4, -0.2) is 26.0 Å². The lowest BCUT2D eigenvalue weighted by Gasteiger charge is -2.13. The first kappa shape index (κ1) is 21.7. The van der Waals surface area contributed by atoms with Crippen molar-refractivity contribution < 1.29 is 9.53 Å². The summed E-state index contributed by atoms with van der Waals surface area (Å²) in [6.07, 6.45) is 0. The predicted molar refractivity (Wildman–Crippen MR) is 120 cm³/mol. The van der Waals surface area contributed by atoms with E-state index in [0.29, 0.717) is 11.0 Å². The lowest BCUT2D eigenvalue weighted by atomic mass is 10.1. The van der Waals surface area contributed by atoms with Crippen molar-refractivity contribution in [2.24, 2.45) is 0 Å². The van der Waals surface area contributed by atoms with E-state index in [-0.39, 0.29) is 12.5 Å². The zero-order valence-corrected chi connectivity index (χ0v) is 18.7. The van der Waals surface area contributed by atoms with E-state index in [0.717, 1.165) is 33.7 Å². The maximum absolute atomic E-state index is 12.6. The lowest BCUT2D eigenvalue weighted by Crippen LogP contribution is -2.24. The standard InChI is InChI=1S/C22H27N5O2S/c1-13-6-7-19(16(4)9-13)24-21(28)17(5)30-22-26-25-20(27(22)23)12-29-18-10-14(2)8-15(3)11-18/h6-11,17H,12,23H2,1-5H3,(H,24,28)/t17-/m0/s1. The van der Waals surface area contributed by atoms with Crippen molar-refractivity contribution in [3.63, 3.8) is 0 Å². The molecular formula is C22H27N5O2S. The van der Waals surface area contributed by atoms with Crippen LogP contribution in [0.25, 0.3) is 0 Å². The molecule has 0 aliphatic heterocycles. The molecule has 1 aromatic heterocycles. The van der Waals surface area contributed by atoms with E-state index in [1.54, 1.807) is 0 Å². The second-order valence-corrected chi connectivity index (χ2v) is 8.76. The van der Waals surface area contributed by atoms with Crippen LogP contribution in [0.3, 0.4) is 0 Å². The lowest BCUT2D eigenvalue weighted by molar-refractivity contribution is -0.115. The first-order valence-electron chi connectivity index (χ1n) is 9.68. The molecule has 0 bridgehead atoms. The molecule has 7 nitrogen and oxygen atoms in total. The molecule has 3 aromatic rings. The number of aryl methyl sites for hydroxylation is 4. The Hall–Kier alpha value is -3.00. The number of hydrogen-bond donors (Lipinski definition) is 2. The topological polar surface area (TPSA) is 95.1 Å². The third-order valence-corrected chi connectivity index (χ3v) is 5.65. The zero-order valence-electron chi connectivity index (χ0n) is 17.9. The third kappa shape index (κ3) is 5.33. The van der Waals surface area contributed by atoms with Crippen molar-refractivity contribution in [1.29, 1.82) is 0 Å². The Balaban J connectivity index is 1.61. The number of ether oxygens (including phenoxy) is 1. The van der Waals surface area contributed by atoms with E-state index >= 15 is 0 Å². The molecule has 3 rings (SSSR count). The van der Waals surface area contributed by atoms with Crippen LogP contribution in [0.15, 0.2) is 41.6 Å². The average Bonchev–Trinajstić information content (AvgIpc) is 3.01. The van der Waals surface area contributed by atoms with Crippen LogP contribution in [-0.2, 0) is 11.4 Å². The smallest absolute Gasteiger partial charge is 0.237 e. The summed E-state index contributed by atoms with van der Waals surface area (Å²) < 4.78 is 7.18. The Morgan fingerprint density at radius 3 is 2.47 bits per heavy atom. The maximum Gasteiger partial charge on any atom is 0.237 e. The molecule has 0 aliphatic carbocycles. The molecule has 1 atom stereocenters. The van der Waals surface area contributed by atoms with Gasteiger partial charge in [-0.2, -0.15) is 0 Å². The van der Waals surface area contributed by atoms with Crippen LogP contribution in [0.4, 0.5) is 5.69 Å². The van der Waals surface area contributed by atoms with Crippen LogP contribution in [0.2, 0.25) is 0 Å². The number of amides is 1. The average molecular weight is 426 g/mol. The Labute approximate surface area is 181 Å². The highest BCUT2D eigenvalue weighted by molar-refractivity contribution is 8.00. The number of carbonyl (C=O) groups excluding carboxylic acids is 1. The highest BCUT2D eigenvalue weighted by atomic mass is 32.2. The summed E-state index contributed by atoms with van der Waals surface area (Å²) in [5.41, 5.74) is 5.22. The first-order chi connectivity index (χ1) is 14.2. The first-order valence-corrected chi connectivity index (χ1v) is 10.6. The quantitative estimate of drug-likeness (QED) is 0.440. The van der Waals surface area contributed by atoms with Gasteiger partial charge in [-0.05, 0) is 69.5 Å². The van der Waals surface area contributed by atoms with Crippen LogP contribution < -0.4 is 15.9 Å². The van der Waals surface area contributed by atoms with Crippen LogP contribution >= 0.6 is 11.8 Å². The minimum atomic E-state index is -0.398. The number of rotatable bonds is 7. The molecule has 0 radical (unpaired) electrons. The van der Waals surface area contributed by atoms with Gasteiger partial charge in [-0.1, -0.05) is 35.5 Å². The van der Waals surface area contributed by atoms with Gasteiger partial charge >= 0.3 is 0 Å². The van der Waals surface area contributed by atoms with Crippen molar-refractivity contribution in [1.82, 2.24) is 14.9 Å². The van der Waals surface area contributed by atoms with Gasteiger partial charge in [-0.25, -0.2) is 4.68 Å². The van der Waals surface area contributed by atoms with E-state index in [1.807, 2.05) is 65.0 Å². The van der Waals surface area contributed by atoms with Crippen LogP contribution in [0.5, 0.6) is 5.75 Å². The van der Waals surface area contributed by atoms with Crippen molar-refractivity contribution in [3.05, 3.63) is 64.5 Å². The van der Waals surface area contributed by atoms with Gasteiger partial charge in [-0.3, -0.25) is 4.79 Å². The number of thioether (sulfide) groups is 1. The maximum atomic E-state index is 12.6. The second-order valence-electron chi connectivity index (χ2n) is 7.45. The summed E-state index contributed by atoms with van der Waals surface area (Å²) in [4.78, 5) is 12.6. The van der Waals surface area contributed by atoms with E-state index in [4.69, 9.17) is 10.6 Å². The van der Waals surface area contributed by atoms with Gasteiger partial charge in [0.25, 0.3) is 0 Å². The number of nitrogens with zero attached hydrogens (tertiary/aromatic N) is 3. The number of anilines is 1. The van der Waals surface area contributed by atoms with Crippen molar-refractivity contribution in [2.75, 3.05) is 11.2 Å². The SMILES string of the molecule is Cc1cc(C)cc(OCc2nnc(S[C@@H](C)C(=O)Nc3ccc(C)cc3C)n2N)c1. The van der Waals surface area contributed by atoms with E-state index in [1.165, 1.54) is 16.4 Å². The molecule has 3 N–H and O–H groups in total. The van der Waals surface area contributed by atoms with E-state index in [9.17, 15) is 4.79 Å². The summed E-state index contributed by atoms with van der Waals surface area (Å²) in [5, 5.41) is 11.2. The largest absolute Gasteiger partial charge is 0.486 e. The summed E-state index contributed by atoms with van der Waals surface area (Å²) in [7, 11) is 0. The number of aromatic nitrogens is 3. The van der Waals surface area contributed by atoms with Gasteiger partial charge in [0.05, 0.1) is 5.25 Å². The van der Waals surface area contributed by atoms with Gasteiger partial charge < -0.3 is 15.9 Å². The normalized spacial score (nSPS) is 11.9. The summed E-state index contributed by atoms with van der Waals surface area (Å²) >= 11 is 1.25. The van der Waals surface area contributed by atoms with Crippen molar-refractivity contribution in [2.45, 2.75) is 51.6 Å². The van der Waals surface area contributed by atoms with Gasteiger partial charge in [0.1, 0.15) is 12.4 Å². The van der Waals surface area contributed by atoms with Gasteiger partial charge in [0.15, 0.2) is 5.82 Å². The van der Waals surface area contributed by atoms with Crippen molar-refractivity contribution >= 4 is 23.4 Å². The fourth-order valence-electron chi connectivity index (χ4n) is 3.05. The molecule has 0 fully saturated rings. The summed E-state index contributed by atoms with van der Waals surface area (Å²) in [6.45, 7) is 10.0. The molecule has 0 spiro atoms. The predicted octanol–water partition coefficient (Wildman–Crippen LogP) is 3.92. The highest BCUT2D eigenvalue weighted by Gasteiger charge is 2.20. The van der Waals surface area contributed by atoms with E-state index in [2.05, 4.69) is 21.6 Å². The molecule has 8 heteroatoms. The van der Waals surface area contributed by atoms with E-state index < -0.39 is 5.25 Å². The summed E-state index contributed by atoms with van der Waals surface area (Å²) in [6, 6.07) is 11.9. The molecule has 1 amide bonds. The number of benzene rings is 2. The molecule has 158 valence electrons.